The summed E-state index contributed by atoms with van der Waals surface area (Å²) in [5.74, 6) is -0.504. The van der Waals surface area contributed by atoms with Crippen LogP contribution < -0.4 is 10.6 Å². The van der Waals surface area contributed by atoms with Gasteiger partial charge in [0.25, 0.3) is 0 Å². The summed E-state index contributed by atoms with van der Waals surface area (Å²) < 4.78 is 44.7. The molecule has 4 amide bonds. The fourth-order valence-corrected chi connectivity index (χ4v) is 5.63. The molecule has 1 saturated heterocycles. The molecule has 1 fully saturated rings. The average Bonchev–Trinajstić information content (AvgIpc) is 3.57. The smallest absolute Gasteiger partial charge is 0.359 e. The van der Waals surface area contributed by atoms with Gasteiger partial charge in [0.2, 0.25) is 11.8 Å². The molecule has 0 radical (unpaired) electrons. The quantitative estimate of drug-likeness (QED) is 0.233. The van der Waals surface area contributed by atoms with Crippen LogP contribution in [0, 0.1) is 0 Å². The second kappa shape index (κ2) is 14.6. The number of carbonyl (C=O) groups excluding carboxylic acids is 3. The van der Waals surface area contributed by atoms with E-state index in [-0.39, 0.29) is 69.1 Å². The average molecular weight is 671 g/mol. The highest BCUT2D eigenvalue weighted by atomic mass is 19.4. The van der Waals surface area contributed by atoms with Crippen molar-refractivity contribution in [3.63, 3.8) is 0 Å². The third-order valence-corrected chi connectivity index (χ3v) is 8.18. The molecule has 6 rings (SSSR count). The SMILES string of the molecule is O=C1CN(Cc2cc(-c3ccc(C(F)(F)F)cc3)no2)N(C(=O)NCc2ccccc2)CC(=O)N(Cc2cccc3ccccc23)CCN1. The minimum Gasteiger partial charge on any atom is -0.359 e. The number of nitrogens with one attached hydrogen (secondary N) is 2. The number of amides is 4. The normalized spacial score (nSPS) is 14.9. The van der Waals surface area contributed by atoms with Crippen LogP contribution in [0.2, 0.25) is 0 Å². The first-order valence-electron chi connectivity index (χ1n) is 15.6. The molecule has 0 unspecified atom stereocenters. The summed E-state index contributed by atoms with van der Waals surface area (Å²) in [5.41, 5.74) is 1.62. The Bertz CT molecular complexity index is 1930. The van der Waals surface area contributed by atoms with Crippen molar-refractivity contribution in [3.8, 4) is 11.3 Å². The summed E-state index contributed by atoms with van der Waals surface area (Å²) in [6.07, 6.45) is -4.48. The molecule has 10 nitrogen and oxygen atoms in total. The van der Waals surface area contributed by atoms with Crippen LogP contribution in [0.15, 0.2) is 108 Å². The molecule has 1 aromatic heterocycles. The Morgan fingerprint density at radius 1 is 0.878 bits per heavy atom. The maximum Gasteiger partial charge on any atom is 0.416 e. The molecule has 1 aliphatic heterocycles. The van der Waals surface area contributed by atoms with E-state index in [1.807, 2.05) is 72.8 Å². The van der Waals surface area contributed by atoms with Crippen LogP contribution in [-0.4, -0.2) is 64.1 Å². The number of alkyl halides is 3. The summed E-state index contributed by atoms with van der Waals surface area (Å²) in [6.45, 7) is 0.0505. The third kappa shape index (κ3) is 8.25. The van der Waals surface area contributed by atoms with Gasteiger partial charge in [0.15, 0.2) is 5.76 Å². The van der Waals surface area contributed by atoms with Gasteiger partial charge in [-0.2, -0.15) is 18.2 Å². The molecule has 0 atom stereocenters. The van der Waals surface area contributed by atoms with E-state index in [1.54, 1.807) is 4.90 Å². The van der Waals surface area contributed by atoms with Crippen LogP contribution in [0.4, 0.5) is 18.0 Å². The highest BCUT2D eigenvalue weighted by Gasteiger charge is 2.32. The number of benzene rings is 4. The zero-order chi connectivity index (χ0) is 34.4. The lowest BCUT2D eigenvalue weighted by Gasteiger charge is -2.36. The molecule has 5 aromatic rings. The van der Waals surface area contributed by atoms with Crippen molar-refractivity contribution < 1.29 is 32.1 Å². The van der Waals surface area contributed by atoms with E-state index < -0.39 is 17.8 Å². The molecule has 0 spiro atoms. The van der Waals surface area contributed by atoms with Crippen LogP contribution >= 0.6 is 0 Å². The van der Waals surface area contributed by atoms with Crippen LogP contribution in [0.1, 0.15) is 22.5 Å². The summed E-state index contributed by atoms with van der Waals surface area (Å²) >= 11 is 0. The van der Waals surface area contributed by atoms with Gasteiger partial charge >= 0.3 is 12.2 Å². The van der Waals surface area contributed by atoms with E-state index in [2.05, 4.69) is 15.8 Å². The monoisotopic (exact) mass is 670 g/mol. The highest BCUT2D eigenvalue weighted by molar-refractivity contribution is 5.88. The molecule has 4 aromatic carbocycles. The Morgan fingerprint density at radius 2 is 1.61 bits per heavy atom. The van der Waals surface area contributed by atoms with Crippen molar-refractivity contribution in [1.29, 1.82) is 0 Å². The number of aromatic nitrogens is 1. The van der Waals surface area contributed by atoms with Crippen LogP contribution in [0.5, 0.6) is 0 Å². The molecule has 49 heavy (non-hydrogen) atoms. The van der Waals surface area contributed by atoms with Crippen molar-refractivity contribution in [2.24, 2.45) is 0 Å². The van der Waals surface area contributed by atoms with E-state index in [4.69, 9.17) is 4.52 Å². The topological polar surface area (TPSA) is 111 Å². The summed E-state index contributed by atoms with van der Waals surface area (Å²) in [4.78, 5) is 42.5. The van der Waals surface area contributed by atoms with Gasteiger partial charge in [-0.3, -0.25) is 9.59 Å². The second-order valence-corrected chi connectivity index (χ2v) is 11.6. The van der Waals surface area contributed by atoms with Gasteiger partial charge in [-0.1, -0.05) is 90.1 Å². The van der Waals surface area contributed by atoms with Gasteiger partial charge < -0.3 is 20.1 Å². The maximum absolute atomic E-state index is 14.0. The number of carbonyl (C=O) groups is 3. The lowest BCUT2D eigenvalue weighted by molar-refractivity contribution is -0.141. The standard InChI is InChI=1S/C36H33F3N6O4/c37-36(38,39)29-15-13-27(14-16-29)32-19-30(49-42-32)22-44-23-33(46)40-17-18-43(21-28-11-6-10-26-9-4-5-12-31(26)28)34(47)24-45(44)35(48)41-20-25-7-2-1-3-8-25/h1-16,19H,17-18,20-24H2,(H,40,46)(H,41,48). The van der Waals surface area contributed by atoms with Crippen molar-refractivity contribution in [2.45, 2.75) is 25.8 Å². The minimum atomic E-state index is -4.48. The minimum absolute atomic E-state index is 0.142. The molecular formula is C36H33F3N6O4. The zero-order valence-electron chi connectivity index (χ0n) is 26.3. The molecular weight excluding hydrogens is 637 g/mol. The van der Waals surface area contributed by atoms with Gasteiger partial charge in [-0.15, -0.1) is 0 Å². The van der Waals surface area contributed by atoms with E-state index in [0.717, 1.165) is 34.0 Å². The van der Waals surface area contributed by atoms with Gasteiger partial charge in [-0.05, 0) is 34.0 Å². The van der Waals surface area contributed by atoms with Gasteiger partial charge in [0, 0.05) is 37.8 Å². The molecule has 1 aliphatic rings. The fourth-order valence-electron chi connectivity index (χ4n) is 5.63. The Morgan fingerprint density at radius 3 is 2.39 bits per heavy atom. The Hall–Kier alpha value is -5.69. The Labute approximate surface area is 280 Å². The Balaban J connectivity index is 1.27. The van der Waals surface area contributed by atoms with Gasteiger partial charge in [0.1, 0.15) is 12.2 Å². The first-order chi connectivity index (χ1) is 23.6. The van der Waals surface area contributed by atoms with Crippen molar-refractivity contribution >= 4 is 28.6 Å². The predicted octanol–water partition coefficient (Wildman–Crippen LogP) is 5.60. The zero-order valence-corrected chi connectivity index (χ0v) is 26.3. The van der Waals surface area contributed by atoms with Crippen LogP contribution in [-0.2, 0) is 35.4 Å². The van der Waals surface area contributed by atoms with Crippen LogP contribution in [0.25, 0.3) is 22.0 Å². The van der Waals surface area contributed by atoms with E-state index in [9.17, 15) is 27.6 Å². The highest BCUT2D eigenvalue weighted by Crippen LogP contribution is 2.31. The third-order valence-electron chi connectivity index (χ3n) is 8.18. The van der Waals surface area contributed by atoms with Gasteiger partial charge in [-0.25, -0.2) is 9.80 Å². The molecule has 0 saturated carbocycles. The molecule has 0 aliphatic carbocycles. The number of urea groups is 1. The lowest BCUT2D eigenvalue weighted by Crippen LogP contribution is -2.58. The van der Waals surface area contributed by atoms with E-state index in [0.29, 0.717) is 5.56 Å². The number of hydrazine groups is 1. The van der Waals surface area contributed by atoms with E-state index >= 15 is 0 Å². The van der Waals surface area contributed by atoms with Crippen LogP contribution in [0.3, 0.4) is 0 Å². The molecule has 252 valence electrons. The number of hydrogen-bond acceptors (Lipinski definition) is 6. The number of nitrogens with zero attached hydrogens (tertiary/aromatic N) is 4. The van der Waals surface area contributed by atoms with Crippen molar-refractivity contribution in [2.75, 3.05) is 26.2 Å². The fraction of sp³-hybridized carbons (Fsp3) is 0.222. The van der Waals surface area contributed by atoms with Gasteiger partial charge in [0.05, 0.1) is 18.7 Å². The maximum atomic E-state index is 14.0. The van der Waals surface area contributed by atoms with Crippen molar-refractivity contribution in [1.82, 2.24) is 30.7 Å². The number of halogens is 3. The molecule has 2 heterocycles. The summed E-state index contributed by atoms with van der Waals surface area (Å²) in [6, 6.07) is 28.3. The molecule has 13 heteroatoms. The summed E-state index contributed by atoms with van der Waals surface area (Å²) in [7, 11) is 0. The number of hydrogen-bond donors (Lipinski definition) is 2. The predicted molar refractivity (Wildman–Crippen MR) is 175 cm³/mol. The Kier molecular flexibility index (Phi) is 9.90. The van der Waals surface area contributed by atoms with E-state index in [1.165, 1.54) is 28.2 Å². The molecule has 2 N–H and O–H groups in total. The molecule has 0 bridgehead atoms. The lowest BCUT2D eigenvalue weighted by atomic mass is 10.0. The number of fused-ring (bicyclic) bond motifs is 1. The largest absolute Gasteiger partial charge is 0.416 e. The summed E-state index contributed by atoms with van der Waals surface area (Å²) in [5, 5.41) is 14.3. The first kappa shape index (κ1) is 33.2. The second-order valence-electron chi connectivity index (χ2n) is 11.6. The number of rotatable bonds is 7. The first-order valence-corrected chi connectivity index (χ1v) is 15.6. The van der Waals surface area contributed by atoms with Crippen molar-refractivity contribution in [3.05, 3.63) is 126 Å².